The molecular formula is C16H19N7O3S3. The highest BCUT2D eigenvalue weighted by molar-refractivity contribution is 7.99. The third-order valence-electron chi connectivity index (χ3n) is 3.67. The van der Waals surface area contributed by atoms with Gasteiger partial charge in [0.2, 0.25) is 5.91 Å². The van der Waals surface area contributed by atoms with E-state index < -0.39 is 5.97 Å². The maximum atomic E-state index is 12.3. The average molecular weight is 454 g/mol. The number of nitrogens with two attached hydrogens (primary N) is 1. The van der Waals surface area contributed by atoms with Crippen molar-refractivity contribution in [3.05, 3.63) is 27.5 Å². The first-order valence-electron chi connectivity index (χ1n) is 8.52. The van der Waals surface area contributed by atoms with Gasteiger partial charge in [-0.25, -0.2) is 14.8 Å². The molecule has 3 heterocycles. The van der Waals surface area contributed by atoms with E-state index in [1.54, 1.807) is 13.8 Å². The Morgan fingerprint density at radius 2 is 2.14 bits per heavy atom. The van der Waals surface area contributed by atoms with E-state index in [0.29, 0.717) is 32.4 Å². The number of aromatic nitrogens is 5. The molecule has 0 radical (unpaired) electrons. The van der Waals surface area contributed by atoms with Crippen LogP contribution in [0.3, 0.4) is 0 Å². The molecule has 0 aliphatic rings. The molecule has 0 fully saturated rings. The first kappa shape index (κ1) is 21.2. The van der Waals surface area contributed by atoms with Crippen LogP contribution in [0.25, 0.3) is 0 Å². The third-order valence-corrected chi connectivity index (χ3v) is 6.47. The number of carbonyl (C=O) groups excluding carboxylic acids is 2. The lowest BCUT2D eigenvalue weighted by molar-refractivity contribution is -0.113. The van der Waals surface area contributed by atoms with Crippen molar-refractivity contribution >= 4 is 56.6 Å². The molecule has 3 aromatic heterocycles. The number of anilines is 2. The molecule has 0 atom stereocenters. The van der Waals surface area contributed by atoms with Gasteiger partial charge in [-0.15, -0.1) is 21.5 Å². The number of carbonyl (C=O) groups is 2. The molecule has 0 aromatic carbocycles. The van der Waals surface area contributed by atoms with Gasteiger partial charge in [0.1, 0.15) is 10.7 Å². The second kappa shape index (κ2) is 9.33. The van der Waals surface area contributed by atoms with Crippen molar-refractivity contribution in [2.24, 2.45) is 7.05 Å². The maximum absolute atomic E-state index is 12.3. The van der Waals surface area contributed by atoms with E-state index in [4.69, 9.17) is 10.5 Å². The number of nitrogens with one attached hydrogen (secondary N) is 1. The van der Waals surface area contributed by atoms with Gasteiger partial charge in [-0.1, -0.05) is 23.1 Å². The largest absolute Gasteiger partial charge is 0.462 e. The predicted octanol–water partition coefficient (Wildman–Crippen LogP) is 2.12. The molecule has 13 heteroatoms. The lowest BCUT2D eigenvalue weighted by atomic mass is 10.3. The topological polar surface area (TPSA) is 138 Å². The van der Waals surface area contributed by atoms with E-state index in [1.807, 2.05) is 17.0 Å². The predicted molar refractivity (Wildman–Crippen MR) is 112 cm³/mol. The number of thiazole rings is 2. The van der Waals surface area contributed by atoms with Crippen LogP contribution in [0.1, 0.15) is 33.8 Å². The van der Waals surface area contributed by atoms with Crippen LogP contribution in [0, 0.1) is 6.92 Å². The number of amides is 1. The Kier molecular flexibility index (Phi) is 6.82. The van der Waals surface area contributed by atoms with Crippen molar-refractivity contribution < 1.29 is 14.3 Å². The number of nitrogens with zero attached hydrogens (tertiary/aromatic N) is 5. The zero-order valence-corrected chi connectivity index (χ0v) is 18.4. The fourth-order valence-corrected chi connectivity index (χ4v) is 4.48. The van der Waals surface area contributed by atoms with E-state index in [2.05, 4.69) is 25.5 Å². The Balaban J connectivity index is 1.56. The van der Waals surface area contributed by atoms with E-state index in [-0.39, 0.29) is 18.3 Å². The van der Waals surface area contributed by atoms with Gasteiger partial charge in [0, 0.05) is 12.4 Å². The second-order valence-electron chi connectivity index (χ2n) is 5.80. The summed E-state index contributed by atoms with van der Waals surface area (Å²) in [6.07, 6.45) is 0.513. The maximum Gasteiger partial charge on any atom is 0.350 e. The van der Waals surface area contributed by atoms with E-state index in [9.17, 15) is 9.59 Å². The first-order valence-corrected chi connectivity index (χ1v) is 11.2. The highest BCUT2D eigenvalue weighted by Gasteiger charge is 2.18. The minimum absolute atomic E-state index is 0.128. The van der Waals surface area contributed by atoms with E-state index >= 15 is 0 Å². The van der Waals surface area contributed by atoms with Crippen LogP contribution in [0.15, 0.2) is 10.5 Å². The molecule has 0 aliphatic heterocycles. The minimum Gasteiger partial charge on any atom is -0.462 e. The molecule has 0 spiro atoms. The highest BCUT2D eigenvalue weighted by atomic mass is 32.2. The number of thioether (sulfide) groups is 1. The van der Waals surface area contributed by atoms with Gasteiger partial charge in [0.15, 0.2) is 15.4 Å². The molecule has 3 rings (SSSR count). The summed E-state index contributed by atoms with van der Waals surface area (Å²) in [7, 11) is 1.83. The molecule has 0 aliphatic carbocycles. The number of hydrogen-bond acceptors (Lipinski definition) is 11. The zero-order chi connectivity index (χ0) is 21.0. The standard InChI is InChI=1S/C16H19N7O3S3/c1-4-26-13(25)12-8(2)18-15(29-12)20-11(24)7-28-16-22-21-10(23(16)3)5-9-6-27-14(17)19-9/h6H,4-5,7H2,1-3H3,(H2,17,19)(H,18,20,24). The van der Waals surface area contributed by atoms with Crippen LogP contribution in [0.2, 0.25) is 0 Å². The van der Waals surface area contributed by atoms with Gasteiger partial charge in [-0.2, -0.15) is 0 Å². The van der Waals surface area contributed by atoms with Crippen molar-refractivity contribution in [3.63, 3.8) is 0 Å². The summed E-state index contributed by atoms with van der Waals surface area (Å²) in [5, 5.41) is 14.3. The van der Waals surface area contributed by atoms with Crippen molar-refractivity contribution in [3.8, 4) is 0 Å². The highest BCUT2D eigenvalue weighted by Crippen LogP contribution is 2.24. The Morgan fingerprint density at radius 1 is 1.34 bits per heavy atom. The third kappa shape index (κ3) is 5.31. The number of aryl methyl sites for hydroxylation is 1. The summed E-state index contributed by atoms with van der Waals surface area (Å²) < 4.78 is 6.80. The molecule has 10 nitrogen and oxygen atoms in total. The Hall–Kier alpha value is -2.51. The smallest absolute Gasteiger partial charge is 0.350 e. The molecule has 0 saturated heterocycles. The molecule has 29 heavy (non-hydrogen) atoms. The van der Waals surface area contributed by atoms with E-state index in [1.165, 1.54) is 23.1 Å². The molecule has 0 saturated carbocycles. The van der Waals surface area contributed by atoms with E-state index in [0.717, 1.165) is 22.9 Å². The summed E-state index contributed by atoms with van der Waals surface area (Å²) in [5.74, 6) is 0.165. The zero-order valence-electron chi connectivity index (χ0n) is 16.0. The fourth-order valence-electron chi connectivity index (χ4n) is 2.31. The molecule has 0 unspecified atom stereocenters. The Labute approximate surface area is 178 Å². The SMILES string of the molecule is CCOC(=O)c1sc(NC(=O)CSc2nnc(Cc3csc(N)n3)n2C)nc1C. The molecule has 3 aromatic rings. The van der Waals surface area contributed by atoms with Crippen LogP contribution in [0.5, 0.6) is 0 Å². The molecular weight excluding hydrogens is 434 g/mol. The lowest BCUT2D eigenvalue weighted by Gasteiger charge is -2.03. The molecule has 3 N–H and O–H groups in total. The van der Waals surface area contributed by atoms with Crippen molar-refractivity contribution in [1.29, 1.82) is 0 Å². The quantitative estimate of drug-likeness (QED) is 0.388. The summed E-state index contributed by atoms with van der Waals surface area (Å²) in [4.78, 5) is 32.9. The average Bonchev–Trinajstić information content (AvgIpc) is 3.34. The Bertz CT molecular complexity index is 1030. The van der Waals surface area contributed by atoms with Gasteiger partial charge in [-0.05, 0) is 13.8 Å². The van der Waals surface area contributed by atoms with Crippen molar-refractivity contribution in [2.45, 2.75) is 25.4 Å². The fraction of sp³-hybridized carbons (Fsp3) is 0.375. The van der Waals surface area contributed by atoms with Crippen molar-refractivity contribution in [2.75, 3.05) is 23.4 Å². The van der Waals surface area contributed by atoms with Gasteiger partial charge < -0.3 is 20.4 Å². The van der Waals surface area contributed by atoms with Crippen molar-refractivity contribution in [1.82, 2.24) is 24.7 Å². The monoisotopic (exact) mass is 453 g/mol. The lowest BCUT2D eigenvalue weighted by Crippen LogP contribution is -2.14. The van der Waals surface area contributed by atoms with Crippen LogP contribution >= 0.6 is 34.4 Å². The summed E-state index contributed by atoms with van der Waals surface area (Å²) >= 11 is 3.72. The number of ether oxygens (including phenoxy) is 1. The van der Waals surface area contributed by atoms with Crippen LogP contribution in [-0.2, 0) is 23.0 Å². The van der Waals surface area contributed by atoms with Crippen LogP contribution < -0.4 is 11.1 Å². The number of nitrogen functional groups attached to an aromatic ring is 1. The first-order chi connectivity index (χ1) is 13.9. The Morgan fingerprint density at radius 3 is 2.83 bits per heavy atom. The number of rotatable bonds is 8. The molecule has 1 amide bonds. The summed E-state index contributed by atoms with van der Waals surface area (Å²) in [6.45, 7) is 3.71. The summed E-state index contributed by atoms with van der Waals surface area (Å²) in [5.41, 5.74) is 7.00. The van der Waals surface area contributed by atoms with Gasteiger partial charge in [0.05, 0.1) is 30.2 Å². The van der Waals surface area contributed by atoms with Gasteiger partial charge in [-0.3, -0.25) is 4.79 Å². The van der Waals surface area contributed by atoms with Gasteiger partial charge in [0.25, 0.3) is 0 Å². The number of hydrogen-bond donors (Lipinski definition) is 2. The van der Waals surface area contributed by atoms with Crippen LogP contribution in [-0.4, -0.2) is 49.0 Å². The second-order valence-corrected chi connectivity index (χ2v) is 8.63. The van der Waals surface area contributed by atoms with Gasteiger partial charge >= 0.3 is 5.97 Å². The minimum atomic E-state index is -0.439. The van der Waals surface area contributed by atoms with Crippen LogP contribution in [0.4, 0.5) is 10.3 Å². The normalized spacial score (nSPS) is 10.9. The molecule has 0 bridgehead atoms. The summed E-state index contributed by atoms with van der Waals surface area (Å²) in [6, 6.07) is 0. The number of esters is 1. The molecule has 154 valence electrons.